The monoisotopic (exact) mass is 245 g/mol. The molecule has 0 bridgehead atoms. The number of para-hydroxylation sites is 1. The summed E-state index contributed by atoms with van der Waals surface area (Å²) in [5.74, 6) is 0. The molecule has 0 saturated heterocycles. The van der Waals surface area contributed by atoms with Gasteiger partial charge >= 0.3 is 7.25 Å². The highest BCUT2D eigenvalue weighted by Crippen LogP contribution is 2.08. The third-order valence-corrected chi connectivity index (χ3v) is 2.33. The quantitative estimate of drug-likeness (QED) is 0.381. The number of rotatable bonds is 0. The van der Waals surface area contributed by atoms with Crippen molar-refractivity contribution in [3.63, 3.8) is 0 Å². The SMILES string of the molecule is Cc1ccc2ccccc2[n+]1C.F[B-](F)(F)F. The van der Waals surface area contributed by atoms with E-state index < -0.39 is 7.25 Å². The second-order valence-electron chi connectivity index (χ2n) is 3.59. The lowest BCUT2D eigenvalue weighted by Gasteiger charge is -1.97. The van der Waals surface area contributed by atoms with E-state index in [1.54, 1.807) is 0 Å². The van der Waals surface area contributed by atoms with Crippen LogP contribution in [0.4, 0.5) is 17.3 Å². The predicted molar refractivity (Wildman–Crippen MR) is 60.0 cm³/mol. The van der Waals surface area contributed by atoms with Crippen molar-refractivity contribution in [2.75, 3.05) is 0 Å². The lowest BCUT2D eigenvalue weighted by molar-refractivity contribution is -0.651. The third kappa shape index (κ3) is 4.42. The van der Waals surface area contributed by atoms with Gasteiger partial charge in [0, 0.05) is 24.4 Å². The molecular formula is C11H12BF4N. The highest BCUT2D eigenvalue weighted by atomic mass is 19.5. The third-order valence-electron chi connectivity index (χ3n) is 2.33. The molecule has 0 atom stereocenters. The van der Waals surface area contributed by atoms with Crippen LogP contribution < -0.4 is 4.57 Å². The molecule has 1 aromatic carbocycles. The van der Waals surface area contributed by atoms with Gasteiger partial charge in [-0.2, -0.15) is 4.57 Å². The first-order valence-electron chi connectivity index (χ1n) is 5.01. The Morgan fingerprint density at radius 3 is 2.06 bits per heavy atom. The summed E-state index contributed by atoms with van der Waals surface area (Å²) in [6, 6.07) is 12.7. The molecule has 0 saturated carbocycles. The van der Waals surface area contributed by atoms with Gasteiger partial charge in [-0.25, -0.2) is 0 Å². The zero-order valence-corrected chi connectivity index (χ0v) is 9.50. The van der Waals surface area contributed by atoms with Gasteiger partial charge in [-0.05, 0) is 12.1 Å². The standard InChI is InChI=1S/C11H12N.BF4/c1-9-7-8-10-5-3-4-6-11(10)12(9)2;2-1(3,4)5/h3-8H,1-2H3;/q+1;-1. The Morgan fingerprint density at radius 1 is 0.941 bits per heavy atom. The van der Waals surface area contributed by atoms with E-state index in [2.05, 4.69) is 54.9 Å². The summed E-state index contributed by atoms with van der Waals surface area (Å²) in [7, 11) is -3.91. The first kappa shape index (κ1) is 13.5. The summed E-state index contributed by atoms with van der Waals surface area (Å²) in [4.78, 5) is 0. The molecule has 0 fully saturated rings. The van der Waals surface area contributed by atoms with Gasteiger partial charge in [-0.15, -0.1) is 0 Å². The van der Waals surface area contributed by atoms with E-state index in [-0.39, 0.29) is 0 Å². The van der Waals surface area contributed by atoms with Crippen molar-refractivity contribution in [1.29, 1.82) is 0 Å². The van der Waals surface area contributed by atoms with Crippen LogP contribution in [-0.4, -0.2) is 7.25 Å². The molecule has 17 heavy (non-hydrogen) atoms. The number of aryl methyl sites for hydroxylation is 2. The topological polar surface area (TPSA) is 3.88 Å². The number of hydrogen-bond acceptors (Lipinski definition) is 0. The maximum Gasteiger partial charge on any atom is 0.673 e. The van der Waals surface area contributed by atoms with Gasteiger partial charge in [-0.1, -0.05) is 12.1 Å². The van der Waals surface area contributed by atoms with Crippen molar-refractivity contribution in [2.24, 2.45) is 7.05 Å². The van der Waals surface area contributed by atoms with Crippen LogP contribution in [-0.2, 0) is 7.05 Å². The maximum atomic E-state index is 9.75. The smallest absolute Gasteiger partial charge is 0.418 e. The van der Waals surface area contributed by atoms with Crippen molar-refractivity contribution >= 4 is 18.2 Å². The van der Waals surface area contributed by atoms with Crippen LogP contribution >= 0.6 is 0 Å². The van der Waals surface area contributed by atoms with E-state index in [4.69, 9.17) is 0 Å². The second kappa shape index (κ2) is 5.16. The molecule has 0 aliphatic carbocycles. The summed E-state index contributed by atoms with van der Waals surface area (Å²) in [5.41, 5.74) is 2.58. The van der Waals surface area contributed by atoms with E-state index >= 15 is 0 Å². The van der Waals surface area contributed by atoms with Gasteiger partial charge in [0.1, 0.15) is 7.05 Å². The molecule has 2 aromatic rings. The van der Waals surface area contributed by atoms with Gasteiger partial charge in [0.25, 0.3) is 0 Å². The van der Waals surface area contributed by atoms with E-state index in [1.807, 2.05) is 0 Å². The van der Waals surface area contributed by atoms with Crippen LogP contribution in [0.5, 0.6) is 0 Å². The first-order valence-corrected chi connectivity index (χ1v) is 5.01. The number of halogens is 4. The minimum absolute atomic E-state index is 1.29. The number of fused-ring (bicyclic) bond motifs is 1. The van der Waals surface area contributed by atoms with Crippen molar-refractivity contribution in [3.05, 3.63) is 42.1 Å². The van der Waals surface area contributed by atoms with E-state index in [1.165, 1.54) is 16.6 Å². The van der Waals surface area contributed by atoms with Crippen molar-refractivity contribution in [3.8, 4) is 0 Å². The Labute approximate surface area is 96.8 Å². The number of benzene rings is 1. The van der Waals surface area contributed by atoms with Crippen LogP contribution in [0.1, 0.15) is 5.69 Å². The Morgan fingerprint density at radius 2 is 1.47 bits per heavy atom. The molecule has 92 valence electrons. The van der Waals surface area contributed by atoms with Gasteiger partial charge in [-0.3, -0.25) is 0 Å². The summed E-state index contributed by atoms with van der Waals surface area (Å²) in [6.07, 6.45) is 0. The fourth-order valence-corrected chi connectivity index (χ4v) is 1.45. The van der Waals surface area contributed by atoms with Crippen molar-refractivity contribution in [1.82, 2.24) is 0 Å². The van der Waals surface area contributed by atoms with Gasteiger partial charge in [0.05, 0.1) is 0 Å². The summed E-state index contributed by atoms with van der Waals surface area (Å²) >= 11 is 0. The van der Waals surface area contributed by atoms with Gasteiger partial charge in [0.2, 0.25) is 5.52 Å². The predicted octanol–water partition coefficient (Wildman–Crippen LogP) is 3.27. The van der Waals surface area contributed by atoms with Gasteiger partial charge in [0.15, 0.2) is 5.69 Å². The molecule has 6 heteroatoms. The molecular weight excluding hydrogens is 233 g/mol. The Bertz CT molecular complexity index is 504. The number of hydrogen-bond donors (Lipinski definition) is 0. The molecule has 0 amide bonds. The van der Waals surface area contributed by atoms with Crippen LogP contribution in [0.2, 0.25) is 0 Å². The molecule has 1 aromatic heterocycles. The first-order chi connectivity index (χ1) is 7.79. The van der Waals surface area contributed by atoms with E-state index in [0.29, 0.717) is 0 Å². The van der Waals surface area contributed by atoms with E-state index in [0.717, 1.165) is 0 Å². The normalized spacial score (nSPS) is 10.9. The fourth-order valence-electron chi connectivity index (χ4n) is 1.45. The van der Waals surface area contributed by atoms with Gasteiger partial charge < -0.3 is 17.3 Å². The zero-order valence-electron chi connectivity index (χ0n) is 9.50. The van der Waals surface area contributed by atoms with Crippen LogP contribution in [0.15, 0.2) is 36.4 Å². The fraction of sp³-hybridized carbons (Fsp3) is 0.182. The minimum atomic E-state index is -6.00. The number of pyridine rings is 1. The number of nitrogens with zero attached hydrogens (tertiary/aromatic N) is 1. The molecule has 0 spiro atoms. The Balaban J connectivity index is 0.000000249. The van der Waals surface area contributed by atoms with Crippen molar-refractivity contribution in [2.45, 2.75) is 6.92 Å². The van der Waals surface area contributed by atoms with Crippen LogP contribution in [0.3, 0.4) is 0 Å². The van der Waals surface area contributed by atoms with Crippen LogP contribution in [0.25, 0.3) is 10.9 Å². The lowest BCUT2D eigenvalue weighted by atomic mass is 10.2. The Kier molecular flexibility index (Phi) is 4.09. The summed E-state index contributed by atoms with van der Waals surface area (Å²) < 4.78 is 41.2. The summed E-state index contributed by atoms with van der Waals surface area (Å²) in [6.45, 7) is 2.12. The molecule has 0 radical (unpaired) electrons. The molecule has 0 N–H and O–H groups in total. The van der Waals surface area contributed by atoms with Crippen molar-refractivity contribution < 1.29 is 21.8 Å². The molecule has 1 nitrogen and oxygen atoms in total. The second-order valence-corrected chi connectivity index (χ2v) is 3.59. The minimum Gasteiger partial charge on any atom is -0.418 e. The molecule has 2 rings (SSSR count). The molecule has 0 aliphatic heterocycles. The zero-order chi connectivity index (χ0) is 13.1. The van der Waals surface area contributed by atoms with E-state index in [9.17, 15) is 17.3 Å². The number of aromatic nitrogens is 1. The van der Waals surface area contributed by atoms with Crippen LogP contribution in [0, 0.1) is 6.92 Å². The average Bonchev–Trinajstić information content (AvgIpc) is 2.22. The highest BCUT2D eigenvalue weighted by molar-refractivity contribution is 6.50. The Hall–Kier alpha value is -1.59. The largest absolute Gasteiger partial charge is 0.673 e. The summed E-state index contributed by atoms with van der Waals surface area (Å²) in [5, 5.41) is 1.30. The highest BCUT2D eigenvalue weighted by Gasteiger charge is 2.20. The lowest BCUT2D eigenvalue weighted by Crippen LogP contribution is -2.32. The maximum absolute atomic E-state index is 9.75. The molecule has 0 unspecified atom stereocenters. The molecule has 1 heterocycles. The average molecular weight is 245 g/mol. The molecule has 0 aliphatic rings.